The van der Waals surface area contributed by atoms with Crippen LogP contribution >= 0.6 is 22.9 Å². The third kappa shape index (κ3) is 4.90. The molecule has 0 spiro atoms. The van der Waals surface area contributed by atoms with Crippen molar-refractivity contribution in [2.75, 3.05) is 13.1 Å². The number of hydrogen-bond acceptors (Lipinski definition) is 4. The van der Waals surface area contributed by atoms with E-state index in [4.69, 9.17) is 17.3 Å². The smallest absolute Gasteiger partial charge is 0.253 e. The second-order valence-corrected chi connectivity index (χ2v) is 11.4. The Bertz CT molecular complexity index is 1150. The van der Waals surface area contributed by atoms with Crippen LogP contribution in [0, 0.1) is 0 Å². The molecule has 168 valence electrons. The minimum Gasteiger partial charge on any atom is -0.337 e. The molecule has 1 fully saturated rings. The Kier molecular flexibility index (Phi) is 6.19. The molecule has 2 aromatic heterocycles. The Balaban J connectivity index is 1.57. The highest BCUT2D eigenvalue weighted by molar-refractivity contribution is 7.14. The molecule has 1 aliphatic rings. The first kappa shape index (κ1) is 23.0. The van der Waals surface area contributed by atoms with E-state index < -0.39 is 0 Å². The predicted octanol–water partition coefficient (Wildman–Crippen LogP) is 6.38. The molecular weight excluding hydrogens is 438 g/mol. The molecule has 0 radical (unpaired) electrons. The minimum absolute atomic E-state index is 0.00374. The van der Waals surface area contributed by atoms with Crippen LogP contribution in [0.1, 0.15) is 56.6 Å². The number of benzene rings is 1. The van der Waals surface area contributed by atoms with Gasteiger partial charge in [0.15, 0.2) is 0 Å². The van der Waals surface area contributed by atoms with E-state index in [1.54, 1.807) is 17.4 Å². The molecule has 1 aliphatic heterocycles. The lowest BCUT2D eigenvalue weighted by molar-refractivity contribution is 0.0657. The van der Waals surface area contributed by atoms with Crippen LogP contribution in [0.15, 0.2) is 48.0 Å². The normalized spacial score (nSPS) is 19.2. The maximum absolute atomic E-state index is 13.0. The van der Waals surface area contributed by atoms with Crippen molar-refractivity contribution in [2.45, 2.75) is 51.5 Å². The van der Waals surface area contributed by atoms with Gasteiger partial charge in [-0.1, -0.05) is 38.4 Å². The van der Waals surface area contributed by atoms with Crippen LogP contribution in [0.4, 0.5) is 0 Å². The van der Waals surface area contributed by atoms with Gasteiger partial charge < -0.3 is 10.6 Å². The van der Waals surface area contributed by atoms with E-state index in [1.165, 1.54) is 0 Å². The molecule has 1 atom stereocenters. The van der Waals surface area contributed by atoms with Crippen molar-refractivity contribution in [3.63, 3.8) is 0 Å². The average Bonchev–Trinajstić information content (AvgIpc) is 3.22. The standard InChI is InChI=1S/C26H30ClN3OS/c1-25(2,3)23-14-17(8-10-29-23)19-13-22(32-15-19)20-7-6-18(12-21(20)27)24(31)30-11-5-9-26(4,28)16-30/h6-8,10,12-15H,5,9,11,16,28H2,1-4H3/t26-/m0/s1. The molecule has 0 aliphatic carbocycles. The number of pyridine rings is 1. The van der Waals surface area contributed by atoms with Gasteiger partial charge in [-0.3, -0.25) is 9.78 Å². The van der Waals surface area contributed by atoms with Gasteiger partial charge in [0.2, 0.25) is 0 Å². The minimum atomic E-state index is -0.329. The number of carbonyl (C=O) groups is 1. The number of carbonyl (C=O) groups excluding carboxylic acids is 1. The second-order valence-electron chi connectivity index (χ2n) is 10.1. The van der Waals surface area contributed by atoms with Gasteiger partial charge in [0.05, 0.1) is 5.02 Å². The summed E-state index contributed by atoms with van der Waals surface area (Å²) in [5.41, 5.74) is 10.8. The summed E-state index contributed by atoms with van der Waals surface area (Å²) in [4.78, 5) is 20.4. The van der Waals surface area contributed by atoms with Crippen molar-refractivity contribution in [1.29, 1.82) is 0 Å². The fourth-order valence-corrected chi connectivity index (χ4v) is 5.42. The summed E-state index contributed by atoms with van der Waals surface area (Å²) in [6, 6.07) is 11.9. The zero-order valence-corrected chi connectivity index (χ0v) is 20.7. The van der Waals surface area contributed by atoms with Gasteiger partial charge in [-0.05, 0) is 66.6 Å². The number of thiophene rings is 1. The lowest BCUT2D eigenvalue weighted by atomic mass is 9.90. The zero-order valence-electron chi connectivity index (χ0n) is 19.1. The van der Waals surface area contributed by atoms with Gasteiger partial charge in [-0.2, -0.15) is 0 Å². The number of amides is 1. The zero-order chi connectivity index (χ0) is 23.1. The molecule has 1 amide bonds. The van der Waals surface area contributed by atoms with Gasteiger partial charge in [-0.15, -0.1) is 11.3 Å². The number of likely N-dealkylation sites (tertiary alicyclic amines) is 1. The fourth-order valence-electron chi connectivity index (χ4n) is 4.12. The average molecular weight is 468 g/mol. The monoisotopic (exact) mass is 467 g/mol. The lowest BCUT2D eigenvalue weighted by Crippen LogP contribution is -2.53. The van der Waals surface area contributed by atoms with E-state index >= 15 is 0 Å². The molecular formula is C26H30ClN3OS. The number of rotatable bonds is 3. The molecule has 0 bridgehead atoms. The van der Waals surface area contributed by atoms with Crippen LogP contribution in [0.2, 0.25) is 5.02 Å². The van der Waals surface area contributed by atoms with Gasteiger partial charge >= 0.3 is 0 Å². The largest absolute Gasteiger partial charge is 0.337 e. The number of aromatic nitrogens is 1. The summed E-state index contributed by atoms with van der Waals surface area (Å²) in [6.45, 7) is 9.81. The van der Waals surface area contributed by atoms with Crippen molar-refractivity contribution in [3.8, 4) is 21.6 Å². The van der Waals surface area contributed by atoms with Crippen molar-refractivity contribution in [1.82, 2.24) is 9.88 Å². The van der Waals surface area contributed by atoms with Crippen LogP contribution < -0.4 is 5.73 Å². The molecule has 32 heavy (non-hydrogen) atoms. The molecule has 3 heterocycles. The molecule has 0 unspecified atom stereocenters. The SMILES string of the molecule is CC(C)(C)c1cc(-c2csc(-c3ccc(C(=O)N4CCC[C@](C)(N)C4)cc3Cl)c2)ccn1. The van der Waals surface area contributed by atoms with E-state index in [1.807, 2.05) is 36.2 Å². The number of nitrogens with two attached hydrogens (primary N) is 1. The maximum atomic E-state index is 13.0. The second kappa shape index (κ2) is 8.62. The van der Waals surface area contributed by atoms with Crippen LogP contribution in [0.25, 0.3) is 21.6 Å². The number of halogens is 1. The molecule has 2 N–H and O–H groups in total. The fraction of sp³-hybridized carbons (Fsp3) is 0.385. The quantitative estimate of drug-likeness (QED) is 0.486. The van der Waals surface area contributed by atoms with E-state index in [-0.39, 0.29) is 16.9 Å². The van der Waals surface area contributed by atoms with Gasteiger partial charge in [0, 0.05) is 51.9 Å². The molecule has 3 aromatic rings. The number of piperidine rings is 1. The number of nitrogens with zero attached hydrogens (tertiary/aromatic N) is 2. The van der Waals surface area contributed by atoms with Gasteiger partial charge in [0.1, 0.15) is 0 Å². The summed E-state index contributed by atoms with van der Waals surface area (Å²) >= 11 is 8.29. The topological polar surface area (TPSA) is 59.2 Å². The first-order valence-corrected chi connectivity index (χ1v) is 12.2. The maximum Gasteiger partial charge on any atom is 0.253 e. The van der Waals surface area contributed by atoms with E-state index in [0.29, 0.717) is 17.1 Å². The molecule has 6 heteroatoms. The first-order chi connectivity index (χ1) is 15.0. The molecule has 0 saturated carbocycles. The van der Waals surface area contributed by atoms with Crippen molar-refractivity contribution in [3.05, 3.63) is 64.3 Å². The molecule has 1 saturated heterocycles. The van der Waals surface area contributed by atoms with Crippen molar-refractivity contribution < 1.29 is 4.79 Å². The summed E-state index contributed by atoms with van der Waals surface area (Å²) in [5.74, 6) is -0.00631. The first-order valence-electron chi connectivity index (χ1n) is 11.0. The summed E-state index contributed by atoms with van der Waals surface area (Å²) in [6.07, 6.45) is 3.73. The summed E-state index contributed by atoms with van der Waals surface area (Å²) in [5, 5.41) is 2.73. The lowest BCUT2D eigenvalue weighted by Gasteiger charge is -2.37. The Morgan fingerprint density at radius 1 is 1.19 bits per heavy atom. The summed E-state index contributed by atoms with van der Waals surface area (Å²) in [7, 11) is 0. The Morgan fingerprint density at radius 2 is 1.97 bits per heavy atom. The molecule has 4 rings (SSSR count). The third-order valence-corrected chi connectivity index (χ3v) is 7.23. The highest BCUT2D eigenvalue weighted by Gasteiger charge is 2.30. The number of hydrogen-bond donors (Lipinski definition) is 1. The van der Waals surface area contributed by atoms with Gasteiger partial charge in [0.25, 0.3) is 5.91 Å². The predicted molar refractivity (Wildman–Crippen MR) is 134 cm³/mol. The van der Waals surface area contributed by atoms with Crippen LogP contribution in [-0.4, -0.2) is 34.4 Å². The molecule has 4 nitrogen and oxygen atoms in total. The van der Waals surface area contributed by atoms with Crippen molar-refractivity contribution >= 4 is 28.8 Å². The van der Waals surface area contributed by atoms with Crippen LogP contribution in [0.5, 0.6) is 0 Å². The highest BCUT2D eigenvalue weighted by atomic mass is 35.5. The van der Waals surface area contributed by atoms with Crippen LogP contribution in [0.3, 0.4) is 0 Å². The Hall–Kier alpha value is -2.21. The van der Waals surface area contributed by atoms with E-state index in [0.717, 1.165) is 46.6 Å². The Morgan fingerprint density at radius 3 is 2.66 bits per heavy atom. The Labute approximate surface area is 199 Å². The molecule has 1 aromatic carbocycles. The van der Waals surface area contributed by atoms with Gasteiger partial charge in [-0.25, -0.2) is 0 Å². The van der Waals surface area contributed by atoms with E-state index in [9.17, 15) is 4.79 Å². The summed E-state index contributed by atoms with van der Waals surface area (Å²) < 4.78 is 0. The van der Waals surface area contributed by atoms with E-state index in [2.05, 4.69) is 43.3 Å². The third-order valence-electron chi connectivity index (χ3n) is 5.96. The van der Waals surface area contributed by atoms with Crippen molar-refractivity contribution in [2.24, 2.45) is 5.73 Å². The highest BCUT2D eigenvalue weighted by Crippen LogP contribution is 2.37. The van der Waals surface area contributed by atoms with Crippen LogP contribution in [-0.2, 0) is 5.41 Å².